The van der Waals surface area contributed by atoms with Crippen LogP contribution < -0.4 is 5.32 Å². The molecule has 13 heavy (non-hydrogen) atoms. The predicted molar refractivity (Wildman–Crippen MR) is 55.8 cm³/mol. The lowest BCUT2D eigenvalue weighted by atomic mass is 10.0. The summed E-state index contributed by atoms with van der Waals surface area (Å²) in [6.07, 6.45) is 10.1. The van der Waals surface area contributed by atoms with E-state index in [2.05, 4.69) is 29.4 Å². The number of nitrogens with zero attached hydrogens (tertiary/aromatic N) is 1. The highest BCUT2D eigenvalue weighted by atomic mass is 15.2. The van der Waals surface area contributed by atoms with Gasteiger partial charge in [-0.3, -0.25) is 4.90 Å². The molecule has 1 fully saturated rings. The summed E-state index contributed by atoms with van der Waals surface area (Å²) in [5, 5.41) is 3.43. The lowest BCUT2D eigenvalue weighted by Gasteiger charge is -2.32. The number of nitrogens with one attached hydrogen (secondary N) is 1. The van der Waals surface area contributed by atoms with Crippen LogP contribution in [0.5, 0.6) is 0 Å². The number of hydrogen-bond acceptors (Lipinski definition) is 2. The molecule has 1 aliphatic carbocycles. The van der Waals surface area contributed by atoms with Crippen molar-refractivity contribution in [2.75, 3.05) is 20.1 Å². The average molecular weight is 180 g/mol. The average Bonchev–Trinajstić information content (AvgIpc) is 2.71. The quantitative estimate of drug-likeness (QED) is 0.646. The summed E-state index contributed by atoms with van der Waals surface area (Å²) in [5.41, 5.74) is 0. The number of rotatable bonds is 2. The Morgan fingerprint density at radius 3 is 2.92 bits per heavy atom. The van der Waals surface area contributed by atoms with Crippen LogP contribution in [0.25, 0.3) is 0 Å². The van der Waals surface area contributed by atoms with Gasteiger partial charge >= 0.3 is 0 Å². The Hall–Kier alpha value is -0.340. The fourth-order valence-corrected chi connectivity index (χ4v) is 2.39. The van der Waals surface area contributed by atoms with Crippen LogP contribution in [0.1, 0.15) is 25.7 Å². The molecule has 2 unspecified atom stereocenters. The second kappa shape index (κ2) is 4.25. The first-order chi connectivity index (χ1) is 6.38. The molecule has 1 N–H and O–H groups in total. The van der Waals surface area contributed by atoms with Crippen LogP contribution in [0.4, 0.5) is 0 Å². The van der Waals surface area contributed by atoms with Crippen LogP contribution in [0.15, 0.2) is 12.2 Å². The van der Waals surface area contributed by atoms with Crippen molar-refractivity contribution < 1.29 is 0 Å². The highest BCUT2D eigenvalue weighted by molar-refractivity contribution is 5.00. The molecule has 0 radical (unpaired) electrons. The molecule has 1 heterocycles. The lowest BCUT2D eigenvalue weighted by Crippen LogP contribution is -2.41. The molecule has 0 aromatic heterocycles. The molecular weight excluding hydrogens is 160 g/mol. The third-order valence-corrected chi connectivity index (χ3v) is 3.36. The van der Waals surface area contributed by atoms with Gasteiger partial charge in [0, 0.05) is 18.6 Å². The summed E-state index contributed by atoms with van der Waals surface area (Å²) in [4.78, 5) is 2.55. The molecule has 2 atom stereocenters. The Morgan fingerprint density at radius 2 is 2.31 bits per heavy atom. The van der Waals surface area contributed by atoms with Crippen LogP contribution in [0.2, 0.25) is 0 Å². The molecule has 0 spiro atoms. The van der Waals surface area contributed by atoms with Crippen molar-refractivity contribution in [1.82, 2.24) is 10.2 Å². The fraction of sp³-hybridized carbons (Fsp3) is 0.818. The van der Waals surface area contributed by atoms with E-state index >= 15 is 0 Å². The van der Waals surface area contributed by atoms with Gasteiger partial charge in [0.05, 0.1) is 0 Å². The smallest absolute Gasteiger partial charge is 0.0278 e. The maximum Gasteiger partial charge on any atom is 0.0278 e. The summed E-state index contributed by atoms with van der Waals surface area (Å²) >= 11 is 0. The molecule has 0 aromatic rings. The maximum absolute atomic E-state index is 3.43. The zero-order valence-electron chi connectivity index (χ0n) is 8.50. The molecule has 2 heteroatoms. The zero-order valence-corrected chi connectivity index (χ0v) is 8.50. The van der Waals surface area contributed by atoms with E-state index in [1.807, 2.05) is 0 Å². The van der Waals surface area contributed by atoms with Crippen molar-refractivity contribution >= 4 is 0 Å². The zero-order chi connectivity index (χ0) is 9.10. The Morgan fingerprint density at radius 1 is 1.38 bits per heavy atom. The molecule has 74 valence electrons. The monoisotopic (exact) mass is 180 g/mol. The Labute approximate surface area is 81.0 Å². The molecule has 1 aliphatic heterocycles. The maximum atomic E-state index is 3.43. The van der Waals surface area contributed by atoms with Gasteiger partial charge in [-0.2, -0.15) is 0 Å². The van der Waals surface area contributed by atoms with Gasteiger partial charge in [0.15, 0.2) is 0 Å². The van der Waals surface area contributed by atoms with Crippen molar-refractivity contribution in [2.45, 2.75) is 37.8 Å². The standard InChI is InChI=1S/C11H20N2/c1-13(11-7-8-12-9-11)10-5-3-2-4-6-10/h3,5,10-12H,2,4,6-9H2,1H3. The minimum absolute atomic E-state index is 0.707. The normalized spacial score (nSPS) is 34.3. The van der Waals surface area contributed by atoms with E-state index in [0.717, 1.165) is 6.04 Å². The van der Waals surface area contributed by atoms with Crippen molar-refractivity contribution in [2.24, 2.45) is 0 Å². The summed E-state index contributed by atoms with van der Waals surface area (Å²) in [7, 11) is 2.28. The lowest BCUT2D eigenvalue weighted by molar-refractivity contribution is 0.200. The van der Waals surface area contributed by atoms with E-state index in [4.69, 9.17) is 0 Å². The fourth-order valence-electron chi connectivity index (χ4n) is 2.39. The van der Waals surface area contributed by atoms with E-state index in [1.165, 1.54) is 38.8 Å². The molecule has 0 saturated carbocycles. The molecule has 2 rings (SSSR count). The Bertz CT molecular complexity index is 183. The summed E-state index contributed by atoms with van der Waals surface area (Å²) < 4.78 is 0. The molecule has 2 aliphatic rings. The van der Waals surface area contributed by atoms with Crippen LogP contribution in [-0.2, 0) is 0 Å². The highest BCUT2D eigenvalue weighted by Crippen LogP contribution is 2.19. The number of allylic oxidation sites excluding steroid dienone is 1. The molecule has 0 bridgehead atoms. The number of likely N-dealkylation sites (N-methyl/N-ethyl adjacent to an activating group) is 1. The van der Waals surface area contributed by atoms with E-state index in [0.29, 0.717) is 6.04 Å². The second-order valence-corrected chi connectivity index (χ2v) is 4.24. The predicted octanol–water partition coefficient (Wildman–Crippen LogP) is 1.39. The van der Waals surface area contributed by atoms with Crippen LogP contribution in [-0.4, -0.2) is 37.1 Å². The van der Waals surface area contributed by atoms with Gasteiger partial charge in [-0.15, -0.1) is 0 Å². The minimum Gasteiger partial charge on any atom is -0.315 e. The molecule has 0 aromatic carbocycles. The second-order valence-electron chi connectivity index (χ2n) is 4.24. The third kappa shape index (κ3) is 2.12. The Kier molecular flexibility index (Phi) is 3.01. The topological polar surface area (TPSA) is 15.3 Å². The SMILES string of the molecule is CN(C1C=CCCC1)C1CCNC1. The van der Waals surface area contributed by atoms with Crippen LogP contribution in [0, 0.1) is 0 Å². The number of hydrogen-bond donors (Lipinski definition) is 1. The van der Waals surface area contributed by atoms with Gasteiger partial charge in [-0.1, -0.05) is 12.2 Å². The van der Waals surface area contributed by atoms with Crippen molar-refractivity contribution in [3.63, 3.8) is 0 Å². The summed E-state index contributed by atoms with van der Waals surface area (Å²) in [6, 6.07) is 1.48. The molecule has 0 amide bonds. The van der Waals surface area contributed by atoms with E-state index < -0.39 is 0 Å². The minimum atomic E-state index is 0.707. The largest absolute Gasteiger partial charge is 0.315 e. The van der Waals surface area contributed by atoms with Gasteiger partial charge in [0.2, 0.25) is 0 Å². The first-order valence-electron chi connectivity index (χ1n) is 5.47. The molecule has 2 nitrogen and oxygen atoms in total. The summed E-state index contributed by atoms with van der Waals surface area (Å²) in [6.45, 7) is 2.38. The molecular formula is C11H20N2. The van der Waals surface area contributed by atoms with E-state index in [-0.39, 0.29) is 0 Å². The highest BCUT2D eigenvalue weighted by Gasteiger charge is 2.24. The third-order valence-electron chi connectivity index (χ3n) is 3.36. The van der Waals surface area contributed by atoms with Gasteiger partial charge in [-0.25, -0.2) is 0 Å². The van der Waals surface area contributed by atoms with Gasteiger partial charge in [-0.05, 0) is 39.3 Å². The van der Waals surface area contributed by atoms with Crippen molar-refractivity contribution in [3.8, 4) is 0 Å². The van der Waals surface area contributed by atoms with Gasteiger partial charge in [0.1, 0.15) is 0 Å². The van der Waals surface area contributed by atoms with Crippen molar-refractivity contribution in [1.29, 1.82) is 0 Å². The summed E-state index contributed by atoms with van der Waals surface area (Å²) in [5.74, 6) is 0. The van der Waals surface area contributed by atoms with E-state index in [1.54, 1.807) is 0 Å². The van der Waals surface area contributed by atoms with Crippen molar-refractivity contribution in [3.05, 3.63) is 12.2 Å². The van der Waals surface area contributed by atoms with Gasteiger partial charge in [0.25, 0.3) is 0 Å². The first kappa shape index (κ1) is 9.22. The Balaban J connectivity index is 1.90. The van der Waals surface area contributed by atoms with Gasteiger partial charge < -0.3 is 5.32 Å². The molecule has 1 saturated heterocycles. The van der Waals surface area contributed by atoms with E-state index in [9.17, 15) is 0 Å². The first-order valence-corrected chi connectivity index (χ1v) is 5.47. The van der Waals surface area contributed by atoms with Crippen LogP contribution >= 0.6 is 0 Å². The van der Waals surface area contributed by atoms with Crippen LogP contribution in [0.3, 0.4) is 0 Å².